The quantitative estimate of drug-likeness (QED) is 0.888. The maximum Gasteiger partial charge on any atom is 0.223 e. The summed E-state index contributed by atoms with van der Waals surface area (Å²) in [4.78, 5) is 17.7. The van der Waals surface area contributed by atoms with Gasteiger partial charge in [-0.25, -0.2) is 4.98 Å². The van der Waals surface area contributed by atoms with Crippen molar-refractivity contribution in [2.45, 2.75) is 26.4 Å². The van der Waals surface area contributed by atoms with Gasteiger partial charge in [0.05, 0.1) is 5.69 Å². The zero-order chi connectivity index (χ0) is 12.3. The third-order valence-electron chi connectivity index (χ3n) is 2.84. The first-order chi connectivity index (χ1) is 8.15. The monoisotopic (exact) mass is 326 g/mol. The summed E-state index contributed by atoms with van der Waals surface area (Å²) >= 11 is 1.48. The number of carbonyl (C=O) groups is 1. The normalized spacial score (nSPS) is 19.2. The maximum atomic E-state index is 10.9. The average molecular weight is 327 g/mol. The Labute approximate surface area is 130 Å². The summed E-state index contributed by atoms with van der Waals surface area (Å²) in [6.07, 6.45) is 0. The molecule has 1 amide bonds. The van der Waals surface area contributed by atoms with Gasteiger partial charge in [-0.3, -0.25) is 9.69 Å². The topological polar surface area (TPSA) is 57.3 Å². The minimum absolute atomic E-state index is 0. The molecule has 1 aliphatic rings. The minimum Gasteiger partial charge on any atom is -0.314 e. The van der Waals surface area contributed by atoms with Crippen molar-refractivity contribution in [1.29, 1.82) is 0 Å². The average Bonchev–Trinajstić information content (AvgIpc) is 2.68. The molecule has 0 bridgehead atoms. The zero-order valence-corrected chi connectivity index (χ0v) is 13.5. The van der Waals surface area contributed by atoms with Crippen LogP contribution in [0.1, 0.15) is 19.5 Å². The molecule has 0 saturated carbocycles. The van der Waals surface area contributed by atoms with Crippen molar-refractivity contribution in [1.82, 2.24) is 15.2 Å². The second-order valence-corrected chi connectivity index (χ2v) is 5.21. The van der Waals surface area contributed by atoms with E-state index in [0.717, 1.165) is 31.9 Å². The number of rotatable bonds is 3. The largest absolute Gasteiger partial charge is 0.314 e. The molecule has 0 unspecified atom stereocenters. The Morgan fingerprint density at radius 2 is 2.37 bits per heavy atom. The fraction of sp³-hybridized carbons (Fsp3) is 0.636. The molecule has 0 radical (unpaired) electrons. The molecular weight excluding hydrogens is 307 g/mol. The third-order valence-corrected chi connectivity index (χ3v) is 3.65. The Morgan fingerprint density at radius 1 is 1.63 bits per heavy atom. The molecule has 0 aliphatic carbocycles. The van der Waals surface area contributed by atoms with Gasteiger partial charge in [-0.2, -0.15) is 0 Å². The van der Waals surface area contributed by atoms with Crippen LogP contribution in [-0.2, 0) is 11.3 Å². The Kier molecular flexibility index (Phi) is 8.52. The van der Waals surface area contributed by atoms with Crippen LogP contribution in [0.15, 0.2) is 5.38 Å². The summed E-state index contributed by atoms with van der Waals surface area (Å²) in [5.41, 5.74) is 1.03. The Hall–Kier alpha value is -0.400. The number of anilines is 1. The van der Waals surface area contributed by atoms with Crippen molar-refractivity contribution in [3.63, 3.8) is 0 Å². The molecule has 0 spiro atoms. The van der Waals surface area contributed by atoms with Crippen molar-refractivity contribution >= 4 is 47.2 Å². The first-order valence-electron chi connectivity index (χ1n) is 5.82. The fourth-order valence-electron chi connectivity index (χ4n) is 1.91. The second-order valence-electron chi connectivity index (χ2n) is 4.35. The number of hydrogen-bond acceptors (Lipinski definition) is 5. The van der Waals surface area contributed by atoms with Crippen molar-refractivity contribution < 1.29 is 4.79 Å². The molecule has 2 rings (SSSR count). The standard InChI is InChI=1S/C11H18N4OS.2ClH/c1-8-5-12-3-4-15(8)6-10-7-17-11(14-10)13-9(2)16;;/h7-8,12H,3-6H2,1-2H3,(H,13,14,16);2*1H/t8-;;/m1../s1. The van der Waals surface area contributed by atoms with Crippen LogP contribution >= 0.6 is 36.2 Å². The smallest absolute Gasteiger partial charge is 0.223 e. The van der Waals surface area contributed by atoms with Gasteiger partial charge < -0.3 is 10.6 Å². The zero-order valence-electron chi connectivity index (χ0n) is 11.0. The lowest BCUT2D eigenvalue weighted by Crippen LogP contribution is -2.49. The number of nitrogens with one attached hydrogen (secondary N) is 2. The molecule has 2 N–H and O–H groups in total. The molecule has 1 aromatic rings. The lowest BCUT2D eigenvalue weighted by atomic mass is 10.2. The van der Waals surface area contributed by atoms with Gasteiger partial charge in [-0.05, 0) is 6.92 Å². The number of piperazine rings is 1. The van der Waals surface area contributed by atoms with E-state index >= 15 is 0 Å². The van der Waals surface area contributed by atoms with E-state index in [1.807, 2.05) is 5.38 Å². The maximum absolute atomic E-state index is 10.9. The van der Waals surface area contributed by atoms with E-state index in [4.69, 9.17) is 0 Å². The summed E-state index contributed by atoms with van der Waals surface area (Å²) in [6.45, 7) is 7.69. The summed E-state index contributed by atoms with van der Waals surface area (Å²) in [7, 11) is 0. The van der Waals surface area contributed by atoms with Gasteiger partial charge in [-0.15, -0.1) is 36.2 Å². The minimum atomic E-state index is -0.0681. The van der Waals surface area contributed by atoms with Crippen molar-refractivity contribution in [2.24, 2.45) is 0 Å². The van der Waals surface area contributed by atoms with Gasteiger partial charge in [0.1, 0.15) is 0 Å². The van der Waals surface area contributed by atoms with Crippen LogP contribution in [0.25, 0.3) is 0 Å². The molecule has 1 saturated heterocycles. The van der Waals surface area contributed by atoms with E-state index in [9.17, 15) is 4.79 Å². The fourth-order valence-corrected chi connectivity index (χ4v) is 2.66. The summed E-state index contributed by atoms with van der Waals surface area (Å²) < 4.78 is 0. The van der Waals surface area contributed by atoms with Crippen molar-refractivity contribution in [3.05, 3.63) is 11.1 Å². The Morgan fingerprint density at radius 3 is 3.00 bits per heavy atom. The predicted octanol–water partition coefficient (Wildman–Crippen LogP) is 1.74. The van der Waals surface area contributed by atoms with Crippen LogP contribution in [0.2, 0.25) is 0 Å². The van der Waals surface area contributed by atoms with Gasteiger partial charge in [0.25, 0.3) is 0 Å². The number of thiazole rings is 1. The SMILES string of the molecule is CC(=O)Nc1nc(CN2CCNC[C@H]2C)cs1.Cl.Cl. The lowest BCUT2D eigenvalue weighted by Gasteiger charge is -2.33. The number of hydrogen-bond donors (Lipinski definition) is 2. The molecule has 19 heavy (non-hydrogen) atoms. The number of nitrogens with zero attached hydrogens (tertiary/aromatic N) is 2. The van der Waals surface area contributed by atoms with E-state index in [0.29, 0.717) is 11.2 Å². The third kappa shape index (κ3) is 5.62. The van der Waals surface area contributed by atoms with Crippen LogP contribution in [0, 0.1) is 0 Å². The summed E-state index contributed by atoms with van der Waals surface area (Å²) in [5.74, 6) is -0.0681. The number of carbonyl (C=O) groups excluding carboxylic acids is 1. The van der Waals surface area contributed by atoms with Gasteiger partial charge >= 0.3 is 0 Å². The highest BCUT2D eigenvalue weighted by molar-refractivity contribution is 7.13. The number of halogens is 2. The van der Waals surface area contributed by atoms with Gasteiger partial charge in [0.15, 0.2) is 5.13 Å². The molecule has 110 valence electrons. The second kappa shape index (κ2) is 8.71. The van der Waals surface area contributed by atoms with Crippen LogP contribution in [-0.4, -0.2) is 41.5 Å². The Bertz CT molecular complexity index is 402. The summed E-state index contributed by atoms with van der Waals surface area (Å²) in [6, 6.07) is 0.537. The Balaban J connectivity index is 0.00000162. The molecule has 5 nitrogen and oxygen atoms in total. The molecule has 1 aromatic heterocycles. The first kappa shape index (κ1) is 18.6. The molecule has 2 heterocycles. The lowest BCUT2D eigenvalue weighted by molar-refractivity contribution is -0.114. The number of amides is 1. The highest BCUT2D eigenvalue weighted by Gasteiger charge is 2.18. The van der Waals surface area contributed by atoms with Crippen LogP contribution in [0.5, 0.6) is 0 Å². The van der Waals surface area contributed by atoms with Gasteiger partial charge in [-0.1, -0.05) is 0 Å². The molecule has 8 heteroatoms. The summed E-state index contributed by atoms with van der Waals surface area (Å²) in [5, 5.41) is 8.78. The highest BCUT2D eigenvalue weighted by atomic mass is 35.5. The molecule has 0 aromatic carbocycles. The number of aromatic nitrogens is 1. The molecular formula is C11H20Cl2N4OS. The van der Waals surface area contributed by atoms with E-state index < -0.39 is 0 Å². The van der Waals surface area contributed by atoms with Crippen LogP contribution in [0.3, 0.4) is 0 Å². The van der Waals surface area contributed by atoms with E-state index in [1.54, 1.807) is 0 Å². The molecule has 1 fully saturated rings. The predicted molar refractivity (Wildman–Crippen MR) is 83.7 cm³/mol. The highest BCUT2D eigenvalue weighted by Crippen LogP contribution is 2.17. The van der Waals surface area contributed by atoms with Crippen molar-refractivity contribution in [3.8, 4) is 0 Å². The van der Waals surface area contributed by atoms with E-state index in [1.165, 1.54) is 18.3 Å². The first-order valence-corrected chi connectivity index (χ1v) is 6.70. The molecule has 1 aliphatic heterocycles. The van der Waals surface area contributed by atoms with E-state index in [2.05, 4.69) is 27.4 Å². The van der Waals surface area contributed by atoms with E-state index in [-0.39, 0.29) is 30.7 Å². The van der Waals surface area contributed by atoms with Gasteiger partial charge in [0.2, 0.25) is 5.91 Å². The van der Waals surface area contributed by atoms with Crippen LogP contribution < -0.4 is 10.6 Å². The molecule has 1 atom stereocenters. The van der Waals surface area contributed by atoms with Crippen molar-refractivity contribution in [2.75, 3.05) is 25.0 Å². The van der Waals surface area contributed by atoms with Gasteiger partial charge in [0, 0.05) is 44.5 Å². The van der Waals surface area contributed by atoms with Crippen LogP contribution in [0.4, 0.5) is 5.13 Å².